The molecule has 16 heavy (non-hydrogen) atoms. The Morgan fingerprint density at radius 1 is 1.00 bits per heavy atom. The van der Waals surface area contributed by atoms with Gasteiger partial charge in [0, 0.05) is 11.6 Å². The molecule has 0 bridgehead atoms. The summed E-state index contributed by atoms with van der Waals surface area (Å²) in [6.07, 6.45) is 5.02. The molecule has 2 nitrogen and oxygen atoms in total. The SMILES string of the molecule is CN1CCC(N)C12CC(C)(C)CC(C)(C)C2. The van der Waals surface area contributed by atoms with Crippen LogP contribution in [-0.4, -0.2) is 30.1 Å². The number of likely N-dealkylation sites (tertiary alicyclic amines) is 1. The Kier molecular flexibility index (Phi) is 2.67. The van der Waals surface area contributed by atoms with Gasteiger partial charge in [0.05, 0.1) is 0 Å². The van der Waals surface area contributed by atoms with Crippen LogP contribution < -0.4 is 5.73 Å². The second-order valence-electron chi connectivity index (χ2n) is 7.78. The smallest absolute Gasteiger partial charge is 0.0368 e. The Hall–Kier alpha value is -0.0800. The highest BCUT2D eigenvalue weighted by atomic mass is 15.2. The van der Waals surface area contributed by atoms with Crippen molar-refractivity contribution in [3.05, 3.63) is 0 Å². The van der Waals surface area contributed by atoms with Gasteiger partial charge in [-0.15, -0.1) is 0 Å². The van der Waals surface area contributed by atoms with E-state index in [1.807, 2.05) is 0 Å². The van der Waals surface area contributed by atoms with Crippen LogP contribution in [0.15, 0.2) is 0 Å². The normalized spacial score (nSPS) is 36.8. The lowest BCUT2D eigenvalue weighted by Crippen LogP contribution is -2.59. The van der Waals surface area contributed by atoms with Gasteiger partial charge in [-0.2, -0.15) is 0 Å². The molecule has 1 unspecified atom stereocenters. The second-order valence-corrected chi connectivity index (χ2v) is 7.78. The van der Waals surface area contributed by atoms with Crippen molar-refractivity contribution >= 4 is 0 Å². The monoisotopic (exact) mass is 224 g/mol. The highest BCUT2D eigenvalue weighted by molar-refractivity contribution is 5.11. The van der Waals surface area contributed by atoms with Crippen molar-refractivity contribution in [2.75, 3.05) is 13.6 Å². The lowest BCUT2D eigenvalue weighted by Gasteiger charge is -2.55. The van der Waals surface area contributed by atoms with Crippen molar-refractivity contribution < 1.29 is 0 Å². The summed E-state index contributed by atoms with van der Waals surface area (Å²) < 4.78 is 0. The fourth-order valence-electron chi connectivity index (χ4n) is 4.78. The topological polar surface area (TPSA) is 29.3 Å². The van der Waals surface area contributed by atoms with Crippen LogP contribution in [-0.2, 0) is 0 Å². The number of rotatable bonds is 0. The van der Waals surface area contributed by atoms with E-state index in [1.54, 1.807) is 0 Å². The van der Waals surface area contributed by atoms with Crippen LogP contribution >= 0.6 is 0 Å². The van der Waals surface area contributed by atoms with Crippen molar-refractivity contribution in [3.63, 3.8) is 0 Å². The van der Waals surface area contributed by atoms with Crippen LogP contribution in [0, 0.1) is 10.8 Å². The first-order chi connectivity index (χ1) is 7.17. The Morgan fingerprint density at radius 3 is 1.88 bits per heavy atom. The van der Waals surface area contributed by atoms with E-state index in [2.05, 4.69) is 39.6 Å². The van der Waals surface area contributed by atoms with Gasteiger partial charge in [0.25, 0.3) is 0 Å². The fraction of sp³-hybridized carbons (Fsp3) is 1.00. The summed E-state index contributed by atoms with van der Waals surface area (Å²) in [4.78, 5) is 2.54. The third-order valence-corrected chi connectivity index (χ3v) is 4.75. The van der Waals surface area contributed by atoms with E-state index in [4.69, 9.17) is 5.73 Å². The number of nitrogens with zero attached hydrogens (tertiary/aromatic N) is 1. The van der Waals surface area contributed by atoms with Crippen LogP contribution in [0.1, 0.15) is 53.4 Å². The molecule has 1 aliphatic heterocycles. The Bertz CT molecular complexity index is 252. The summed E-state index contributed by atoms with van der Waals surface area (Å²) in [5.74, 6) is 0. The average Bonchev–Trinajstić information content (AvgIpc) is 2.28. The van der Waals surface area contributed by atoms with Gasteiger partial charge in [-0.3, -0.25) is 4.90 Å². The van der Waals surface area contributed by atoms with Gasteiger partial charge in [-0.25, -0.2) is 0 Å². The van der Waals surface area contributed by atoms with Gasteiger partial charge in [0.1, 0.15) is 0 Å². The minimum absolute atomic E-state index is 0.269. The molecule has 0 aromatic heterocycles. The van der Waals surface area contributed by atoms with Crippen LogP contribution in [0.2, 0.25) is 0 Å². The third-order valence-electron chi connectivity index (χ3n) is 4.75. The molecule has 0 amide bonds. The molecule has 2 aliphatic rings. The molecule has 0 radical (unpaired) electrons. The molecule has 2 heteroatoms. The predicted molar refractivity (Wildman–Crippen MR) is 69.4 cm³/mol. The molecule has 0 aromatic carbocycles. The number of nitrogens with two attached hydrogens (primary N) is 1. The summed E-state index contributed by atoms with van der Waals surface area (Å²) in [5.41, 5.74) is 7.56. The molecule has 0 aromatic rings. The molecule has 94 valence electrons. The maximum absolute atomic E-state index is 6.44. The highest BCUT2D eigenvalue weighted by Gasteiger charge is 2.54. The largest absolute Gasteiger partial charge is 0.326 e. The van der Waals surface area contributed by atoms with E-state index in [-0.39, 0.29) is 5.54 Å². The highest BCUT2D eigenvalue weighted by Crippen LogP contribution is 2.54. The maximum atomic E-state index is 6.44. The zero-order chi connectivity index (χ0) is 12.2. The predicted octanol–water partition coefficient (Wildman–Crippen LogP) is 2.62. The first-order valence-corrected chi connectivity index (χ1v) is 6.64. The lowest BCUT2D eigenvalue weighted by atomic mass is 9.57. The molecular formula is C14H28N2. The van der Waals surface area contributed by atoms with E-state index in [0.717, 1.165) is 0 Å². The Labute approximate surface area is 101 Å². The van der Waals surface area contributed by atoms with Crippen molar-refractivity contribution in [3.8, 4) is 0 Å². The molecular weight excluding hydrogens is 196 g/mol. The minimum atomic E-state index is 0.269. The molecule has 1 atom stereocenters. The van der Waals surface area contributed by atoms with Crippen LogP contribution in [0.25, 0.3) is 0 Å². The summed E-state index contributed by atoms with van der Waals surface area (Å²) in [6.45, 7) is 10.8. The van der Waals surface area contributed by atoms with Gasteiger partial charge >= 0.3 is 0 Å². The van der Waals surface area contributed by atoms with Crippen LogP contribution in [0.5, 0.6) is 0 Å². The van der Waals surface area contributed by atoms with Crippen LogP contribution in [0.4, 0.5) is 0 Å². The van der Waals surface area contributed by atoms with Gasteiger partial charge in [0.2, 0.25) is 0 Å². The lowest BCUT2D eigenvalue weighted by molar-refractivity contribution is -0.0234. The molecule has 2 rings (SSSR count). The number of hydrogen-bond donors (Lipinski definition) is 1. The summed E-state index contributed by atoms with van der Waals surface area (Å²) in [7, 11) is 2.27. The van der Waals surface area contributed by atoms with E-state index in [0.29, 0.717) is 16.9 Å². The van der Waals surface area contributed by atoms with Gasteiger partial charge in [-0.05, 0) is 50.1 Å². The third kappa shape index (κ3) is 1.91. The zero-order valence-corrected chi connectivity index (χ0v) is 11.6. The van der Waals surface area contributed by atoms with E-state index >= 15 is 0 Å². The number of hydrogen-bond acceptors (Lipinski definition) is 2. The number of likely N-dealkylation sites (N-methyl/N-ethyl adjacent to an activating group) is 1. The quantitative estimate of drug-likeness (QED) is 0.685. The van der Waals surface area contributed by atoms with Crippen LogP contribution in [0.3, 0.4) is 0 Å². The molecule has 1 saturated heterocycles. The van der Waals surface area contributed by atoms with Crippen molar-refractivity contribution in [2.24, 2.45) is 16.6 Å². The summed E-state index contributed by atoms with van der Waals surface area (Å²) >= 11 is 0. The van der Waals surface area contributed by atoms with Crippen molar-refractivity contribution in [2.45, 2.75) is 65.0 Å². The molecule has 1 spiro atoms. The molecule has 1 heterocycles. The molecule has 2 N–H and O–H groups in total. The molecule has 1 saturated carbocycles. The standard InChI is InChI=1S/C14H28N2/c1-12(2)8-13(3,4)10-14(9-12)11(15)6-7-16(14)5/h11H,6-10,15H2,1-5H3. The Morgan fingerprint density at radius 2 is 1.50 bits per heavy atom. The van der Waals surface area contributed by atoms with Gasteiger partial charge in [0.15, 0.2) is 0 Å². The fourth-order valence-corrected chi connectivity index (χ4v) is 4.78. The van der Waals surface area contributed by atoms with Crippen molar-refractivity contribution in [1.82, 2.24) is 4.90 Å². The summed E-state index contributed by atoms with van der Waals surface area (Å²) in [6, 6.07) is 0.372. The van der Waals surface area contributed by atoms with E-state index in [1.165, 1.54) is 32.2 Å². The van der Waals surface area contributed by atoms with Gasteiger partial charge in [-0.1, -0.05) is 27.7 Å². The first kappa shape index (κ1) is 12.4. The first-order valence-electron chi connectivity index (χ1n) is 6.64. The second kappa shape index (κ2) is 3.46. The zero-order valence-electron chi connectivity index (χ0n) is 11.6. The minimum Gasteiger partial charge on any atom is -0.326 e. The molecule has 1 aliphatic carbocycles. The van der Waals surface area contributed by atoms with E-state index in [9.17, 15) is 0 Å². The van der Waals surface area contributed by atoms with Crippen molar-refractivity contribution in [1.29, 1.82) is 0 Å². The average molecular weight is 224 g/mol. The maximum Gasteiger partial charge on any atom is 0.0368 e. The summed E-state index contributed by atoms with van der Waals surface area (Å²) in [5, 5.41) is 0. The van der Waals surface area contributed by atoms with E-state index < -0.39 is 0 Å². The Balaban J connectivity index is 2.33. The van der Waals surface area contributed by atoms with Gasteiger partial charge < -0.3 is 5.73 Å². The molecule has 2 fully saturated rings.